The zero-order valence-corrected chi connectivity index (χ0v) is 11.0. The van der Waals surface area contributed by atoms with Gasteiger partial charge in [-0.05, 0) is 29.1 Å². The van der Waals surface area contributed by atoms with Gasteiger partial charge < -0.3 is 4.98 Å². The Morgan fingerprint density at radius 1 is 1.21 bits per heavy atom. The van der Waals surface area contributed by atoms with Crippen molar-refractivity contribution in [2.24, 2.45) is 11.1 Å². The van der Waals surface area contributed by atoms with Crippen molar-refractivity contribution in [3.8, 4) is 11.1 Å². The van der Waals surface area contributed by atoms with Crippen LogP contribution in [0.5, 0.6) is 0 Å². The van der Waals surface area contributed by atoms with Crippen LogP contribution in [-0.4, -0.2) is 4.98 Å². The van der Waals surface area contributed by atoms with E-state index in [9.17, 15) is 9.70 Å². The molecule has 4 nitrogen and oxygen atoms in total. The summed E-state index contributed by atoms with van der Waals surface area (Å²) in [4.78, 5) is 26.0. The molecular weight excluding hydrogens is 240 g/mol. The van der Waals surface area contributed by atoms with Crippen molar-refractivity contribution < 1.29 is 0 Å². The molecule has 0 amide bonds. The van der Waals surface area contributed by atoms with Gasteiger partial charge in [0.25, 0.3) is 5.56 Å². The lowest BCUT2D eigenvalue weighted by Gasteiger charge is -2.08. The fourth-order valence-electron chi connectivity index (χ4n) is 2.10. The first kappa shape index (κ1) is 13.2. The molecule has 0 atom stereocenters. The summed E-state index contributed by atoms with van der Waals surface area (Å²) in [6, 6.07) is 10.8. The summed E-state index contributed by atoms with van der Waals surface area (Å²) in [6.45, 7) is 4.11. The average molecular weight is 256 g/mol. The molecule has 0 unspecified atom stereocenters. The van der Waals surface area contributed by atoms with E-state index < -0.39 is 0 Å². The van der Waals surface area contributed by atoms with E-state index in [0.717, 1.165) is 5.69 Å². The molecule has 1 heterocycles. The molecule has 0 aliphatic heterocycles. The minimum Gasteiger partial charge on any atom is -0.326 e. The zero-order valence-electron chi connectivity index (χ0n) is 11.0. The Balaban J connectivity index is 2.57. The Morgan fingerprint density at radius 3 is 2.47 bits per heavy atom. The van der Waals surface area contributed by atoms with Crippen molar-refractivity contribution in [1.29, 1.82) is 0 Å². The molecule has 2 rings (SSSR count). The maximum atomic E-state index is 12.1. The second kappa shape index (κ2) is 5.61. The fraction of sp³-hybridized carbons (Fsp3) is 0.267. The molecule has 1 N–H and O–H groups in total. The number of aromatic nitrogens is 1. The Bertz CT molecular complexity index is 630. The van der Waals surface area contributed by atoms with Gasteiger partial charge in [0.15, 0.2) is 0 Å². The van der Waals surface area contributed by atoms with Gasteiger partial charge in [-0.2, -0.15) is 0 Å². The van der Waals surface area contributed by atoms with Crippen LogP contribution < -0.4 is 5.56 Å². The standard InChI is InChI=1S/C15H16N2O2/c1-10(2)8-12-9-13(17-19)14(15(18)16-12)11-6-4-3-5-7-11/h3-7,9-10H,8H2,1-2H3,(H,16,18). The number of nitrogens with zero attached hydrogens (tertiary/aromatic N) is 1. The largest absolute Gasteiger partial charge is 0.326 e. The number of hydrogen-bond acceptors (Lipinski definition) is 3. The lowest BCUT2D eigenvalue weighted by atomic mass is 10.0. The summed E-state index contributed by atoms with van der Waals surface area (Å²) >= 11 is 0. The monoisotopic (exact) mass is 256 g/mol. The summed E-state index contributed by atoms with van der Waals surface area (Å²) in [7, 11) is 0. The number of H-pyrrole nitrogens is 1. The Morgan fingerprint density at radius 2 is 1.89 bits per heavy atom. The average Bonchev–Trinajstić information content (AvgIpc) is 2.38. The predicted octanol–water partition coefficient (Wildman–Crippen LogP) is 3.64. The molecular formula is C15H16N2O2. The number of pyridine rings is 1. The number of hydrogen-bond donors (Lipinski definition) is 1. The van der Waals surface area contributed by atoms with Gasteiger partial charge in [0.2, 0.25) is 0 Å². The highest BCUT2D eigenvalue weighted by Gasteiger charge is 2.13. The SMILES string of the molecule is CC(C)Cc1cc(N=O)c(-c2ccccc2)c(=O)[nH]1. The van der Waals surface area contributed by atoms with Crippen LogP contribution in [0, 0.1) is 10.8 Å². The van der Waals surface area contributed by atoms with Crippen LogP contribution in [0.4, 0.5) is 5.69 Å². The van der Waals surface area contributed by atoms with Gasteiger partial charge in [-0.15, -0.1) is 4.91 Å². The van der Waals surface area contributed by atoms with Crippen LogP contribution in [0.15, 0.2) is 46.4 Å². The van der Waals surface area contributed by atoms with Crippen LogP contribution in [0.1, 0.15) is 19.5 Å². The molecule has 19 heavy (non-hydrogen) atoms. The van der Waals surface area contributed by atoms with Crippen molar-refractivity contribution in [3.05, 3.63) is 57.4 Å². The van der Waals surface area contributed by atoms with Crippen LogP contribution >= 0.6 is 0 Å². The van der Waals surface area contributed by atoms with E-state index in [1.54, 1.807) is 18.2 Å². The quantitative estimate of drug-likeness (QED) is 0.849. The molecule has 0 spiro atoms. The third kappa shape index (κ3) is 2.96. The molecule has 0 saturated heterocycles. The third-order valence-corrected chi connectivity index (χ3v) is 2.86. The van der Waals surface area contributed by atoms with Crippen molar-refractivity contribution in [1.82, 2.24) is 4.98 Å². The molecule has 2 aromatic rings. The van der Waals surface area contributed by atoms with Crippen molar-refractivity contribution in [2.45, 2.75) is 20.3 Å². The van der Waals surface area contributed by atoms with Gasteiger partial charge in [0, 0.05) is 5.69 Å². The highest BCUT2D eigenvalue weighted by molar-refractivity contribution is 5.74. The number of rotatable bonds is 4. The second-order valence-electron chi connectivity index (χ2n) is 4.94. The maximum absolute atomic E-state index is 12.1. The highest BCUT2D eigenvalue weighted by Crippen LogP contribution is 2.27. The lowest BCUT2D eigenvalue weighted by Crippen LogP contribution is -2.13. The van der Waals surface area contributed by atoms with Crippen molar-refractivity contribution in [3.63, 3.8) is 0 Å². The van der Waals surface area contributed by atoms with Gasteiger partial charge in [-0.25, -0.2) is 0 Å². The lowest BCUT2D eigenvalue weighted by molar-refractivity contribution is 0.634. The smallest absolute Gasteiger partial charge is 0.258 e. The highest BCUT2D eigenvalue weighted by atomic mass is 16.3. The van der Waals surface area contributed by atoms with E-state index in [1.807, 2.05) is 18.2 Å². The van der Waals surface area contributed by atoms with Crippen LogP contribution in [0.25, 0.3) is 11.1 Å². The molecule has 98 valence electrons. The topological polar surface area (TPSA) is 62.3 Å². The van der Waals surface area contributed by atoms with Gasteiger partial charge >= 0.3 is 0 Å². The summed E-state index contributed by atoms with van der Waals surface area (Å²) in [5.74, 6) is 0.401. The Labute approximate surface area is 111 Å². The summed E-state index contributed by atoms with van der Waals surface area (Å²) < 4.78 is 0. The van der Waals surface area contributed by atoms with Gasteiger partial charge in [-0.1, -0.05) is 44.2 Å². The van der Waals surface area contributed by atoms with Crippen molar-refractivity contribution >= 4 is 5.69 Å². The predicted molar refractivity (Wildman–Crippen MR) is 76.5 cm³/mol. The van der Waals surface area contributed by atoms with Crippen LogP contribution in [-0.2, 0) is 6.42 Å². The molecule has 0 aliphatic carbocycles. The summed E-state index contributed by atoms with van der Waals surface area (Å²) in [5, 5.41) is 3.01. The molecule has 1 aromatic heterocycles. The third-order valence-electron chi connectivity index (χ3n) is 2.86. The van der Waals surface area contributed by atoms with Gasteiger partial charge in [0.1, 0.15) is 5.69 Å². The first-order chi connectivity index (χ1) is 9.11. The molecule has 0 aliphatic rings. The number of nitrogens with one attached hydrogen (secondary N) is 1. The minimum atomic E-state index is -0.265. The number of nitroso groups, excluding NO2 is 1. The Kier molecular flexibility index (Phi) is 3.90. The van der Waals surface area contributed by atoms with E-state index in [0.29, 0.717) is 23.5 Å². The molecule has 0 saturated carbocycles. The van der Waals surface area contributed by atoms with Crippen molar-refractivity contribution in [2.75, 3.05) is 0 Å². The zero-order chi connectivity index (χ0) is 13.8. The maximum Gasteiger partial charge on any atom is 0.258 e. The fourth-order valence-corrected chi connectivity index (χ4v) is 2.10. The van der Waals surface area contributed by atoms with Crippen LogP contribution in [0.3, 0.4) is 0 Å². The van der Waals surface area contributed by atoms with Crippen LogP contribution in [0.2, 0.25) is 0 Å². The van der Waals surface area contributed by atoms with E-state index in [-0.39, 0.29) is 11.2 Å². The molecule has 1 aromatic carbocycles. The van der Waals surface area contributed by atoms with Gasteiger partial charge in [0.05, 0.1) is 5.56 Å². The van der Waals surface area contributed by atoms with E-state index >= 15 is 0 Å². The van der Waals surface area contributed by atoms with E-state index in [4.69, 9.17) is 0 Å². The first-order valence-electron chi connectivity index (χ1n) is 6.26. The molecule has 0 fully saturated rings. The molecule has 4 heteroatoms. The Hall–Kier alpha value is -2.23. The summed E-state index contributed by atoms with van der Waals surface area (Å²) in [5.41, 5.74) is 1.72. The second-order valence-corrected chi connectivity index (χ2v) is 4.94. The number of benzene rings is 1. The normalized spacial score (nSPS) is 10.7. The molecule has 0 bridgehead atoms. The molecule has 0 radical (unpaired) electrons. The van der Waals surface area contributed by atoms with Gasteiger partial charge in [-0.3, -0.25) is 4.79 Å². The summed E-state index contributed by atoms with van der Waals surface area (Å²) in [6.07, 6.45) is 0.715. The number of aromatic amines is 1. The minimum absolute atomic E-state index is 0.200. The van der Waals surface area contributed by atoms with E-state index in [2.05, 4.69) is 24.0 Å². The van der Waals surface area contributed by atoms with E-state index in [1.165, 1.54) is 0 Å². The first-order valence-corrected chi connectivity index (χ1v) is 6.26.